The molecule has 0 aromatic heterocycles. The molecule has 3 N–H and O–H groups in total. The first-order valence-corrected chi connectivity index (χ1v) is 14.8. The van der Waals surface area contributed by atoms with E-state index in [0.29, 0.717) is 33.4 Å². The van der Waals surface area contributed by atoms with Gasteiger partial charge in [-0.25, -0.2) is 0 Å². The summed E-state index contributed by atoms with van der Waals surface area (Å²) in [6.07, 6.45) is 2.20. The summed E-state index contributed by atoms with van der Waals surface area (Å²) in [6, 6.07) is 28.4. The molecule has 0 saturated carbocycles. The van der Waals surface area contributed by atoms with Gasteiger partial charge in [0.2, 0.25) is 5.91 Å². The van der Waals surface area contributed by atoms with Gasteiger partial charge in [0.25, 0.3) is 11.8 Å². The molecule has 9 heteroatoms. The van der Waals surface area contributed by atoms with Crippen LogP contribution in [0.4, 0.5) is 11.4 Å². The van der Waals surface area contributed by atoms with Gasteiger partial charge in [-0.3, -0.25) is 14.4 Å². The molecule has 0 radical (unpaired) electrons. The van der Waals surface area contributed by atoms with Crippen molar-refractivity contribution in [1.82, 2.24) is 5.32 Å². The first kappa shape index (κ1) is 30.9. The number of amides is 3. The summed E-state index contributed by atoms with van der Waals surface area (Å²) in [5, 5.41) is 8.92. The van der Waals surface area contributed by atoms with E-state index in [1.807, 2.05) is 50.2 Å². The molecule has 4 aromatic rings. The van der Waals surface area contributed by atoms with E-state index in [0.717, 1.165) is 16.0 Å². The van der Waals surface area contributed by atoms with Crippen molar-refractivity contribution in [1.29, 1.82) is 0 Å². The number of hydrogen-bond acceptors (Lipinski definition) is 4. The van der Waals surface area contributed by atoms with Gasteiger partial charge >= 0.3 is 0 Å². The van der Waals surface area contributed by atoms with Gasteiger partial charge in [-0.2, -0.15) is 0 Å². The highest BCUT2D eigenvalue weighted by molar-refractivity contribution is 8.00. The second kappa shape index (κ2) is 14.7. The van der Waals surface area contributed by atoms with Gasteiger partial charge in [0.05, 0.1) is 16.0 Å². The monoisotopic (exact) mass is 617 g/mol. The molecule has 4 rings (SSSR count). The van der Waals surface area contributed by atoms with Gasteiger partial charge in [0, 0.05) is 21.2 Å². The molecule has 3 amide bonds. The first-order valence-electron chi connectivity index (χ1n) is 13.2. The van der Waals surface area contributed by atoms with E-state index in [2.05, 4.69) is 16.0 Å². The number of hydrogen-bond donors (Lipinski definition) is 3. The van der Waals surface area contributed by atoms with E-state index >= 15 is 0 Å². The van der Waals surface area contributed by atoms with E-state index in [-0.39, 0.29) is 11.6 Å². The summed E-state index contributed by atoms with van der Waals surface area (Å²) in [5.74, 6) is -1.08. The number of rotatable bonds is 10. The number of carbonyl (C=O) groups is 3. The van der Waals surface area contributed by atoms with E-state index < -0.39 is 17.1 Å². The zero-order valence-electron chi connectivity index (χ0n) is 23.0. The van der Waals surface area contributed by atoms with Gasteiger partial charge in [0.15, 0.2) is 0 Å². The highest BCUT2D eigenvalue weighted by Crippen LogP contribution is 2.30. The first-order chi connectivity index (χ1) is 20.2. The zero-order chi connectivity index (χ0) is 30.1. The molecular formula is C33H29Cl2N3O3S. The van der Waals surface area contributed by atoms with Crippen LogP contribution in [0, 0.1) is 6.92 Å². The molecule has 0 aliphatic heterocycles. The number of nitrogens with one attached hydrogen (secondary N) is 3. The van der Waals surface area contributed by atoms with E-state index in [1.54, 1.807) is 66.7 Å². The fourth-order valence-corrected chi connectivity index (χ4v) is 5.47. The van der Waals surface area contributed by atoms with Crippen molar-refractivity contribution in [2.45, 2.75) is 30.4 Å². The van der Waals surface area contributed by atoms with Crippen molar-refractivity contribution in [2.24, 2.45) is 0 Å². The molecular weight excluding hydrogens is 589 g/mol. The molecule has 0 aliphatic rings. The van der Waals surface area contributed by atoms with Crippen LogP contribution < -0.4 is 16.0 Å². The number of aryl methyl sites for hydroxylation is 1. The lowest BCUT2D eigenvalue weighted by atomic mass is 10.1. The van der Waals surface area contributed by atoms with Crippen molar-refractivity contribution in [3.05, 3.63) is 129 Å². The molecule has 0 fully saturated rings. The largest absolute Gasteiger partial charge is 0.324 e. The Morgan fingerprint density at radius 1 is 0.857 bits per heavy atom. The van der Waals surface area contributed by atoms with Crippen molar-refractivity contribution >= 4 is 70.1 Å². The lowest BCUT2D eigenvalue weighted by molar-refractivity contribution is -0.116. The number of halogens is 2. The Kier molecular flexibility index (Phi) is 10.8. The SMILES string of the molecule is CCC(Sc1cccc(NC(=O)/C(=C\c2cccc(C)c2)NC(=O)c2ccccc2)c1)C(=O)Nc1ccc(Cl)cc1Cl. The third-order valence-corrected chi connectivity index (χ3v) is 8.01. The molecule has 1 unspecified atom stereocenters. The summed E-state index contributed by atoms with van der Waals surface area (Å²) in [4.78, 5) is 40.2. The molecule has 4 aromatic carbocycles. The van der Waals surface area contributed by atoms with Gasteiger partial charge in [-0.1, -0.05) is 84.2 Å². The zero-order valence-corrected chi connectivity index (χ0v) is 25.3. The molecule has 0 saturated heterocycles. The van der Waals surface area contributed by atoms with Crippen LogP contribution in [0.25, 0.3) is 6.08 Å². The molecule has 0 aliphatic carbocycles. The highest BCUT2D eigenvalue weighted by atomic mass is 35.5. The van der Waals surface area contributed by atoms with Gasteiger partial charge < -0.3 is 16.0 Å². The van der Waals surface area contributed by atoms with Gasteiger partial charge in [-0.05, 0) is 73.5 Å². The number of anilines is 2. The fourth-order valence-electron chi connectivity index (χ4n) is 4.01. The van der Waals surface area contributed by atoms with Crippen LogP contribution in [0.2, 0.25) is 10.0 Å². The summed E-state index contributed by atoms with van der Waals surface area (Å²) in [5.41, 5.74) is 3.33. The third-order valence-electron chi connectivity index (χ3n) is 6.10. The maximum atomic E-state index is 13.4. The van der Waals surface area contributed by atoms with Crippen LogP contribution in [0.1, 0.15) is 34.8 Å². The third kappa shape index (κ3) is 8.73. The Bertz CT molecular complexity index is 1630. The minimum Gasteiger partial charge on any atom is -0.324 e. The molecule has 42 heavy (non-hydrogen) atoms. The lowest BCUT2D eigenvalue weighted by Crippen LogP contribution is -2.30. The number of carbonyl (C=O) groups excluding carboxylic acids is 3. The summed E-state index contributed by atoms with van der Waals surface area (Å²) >= 11 is 13.6. The van der Waals surface area contributed by atoms with E-state index in [4.69, 9.17) is 23.2 Å². The quantitative estimate of drug-likeness (QED) is 0.124. The lowest BCUT2D eigenvalue weighted by Gasteiger charge is -2.16. The van der Waals surface area contributed by atoms with Crippen LogP contribution in [0.5, 0.6) is 0 Å². The minimum absolute atomic E-state index is 0.0955. The summed E-state index contributed by atoms with van der Waals surface area (Å²) in [6.45, 7) is 3.88. The second-order valence-electron chi connectivity index (χ2n) is 9.40. The van der Waals surface area contributed by atoms with E-state index in [1.165, 1.54) is 11.8 Å². The normalized spacial score (nSPS) is 11.9. The topological polar surface area (TPSA) is 87.3 Å². The molecule has 0 heterocycles. The molecule has 214 valence electrons. The van der Waals surface area contributed by atoms with Crippen molar-refractivity contribution in [3.8, 4) is 0 Å². The summed E-state index contributed by atoms with van der Waals surface area (Å²) in [7, 11) is 0. The molecule has 0 spiro atoms. The van der Waals surface area contributed by atoms with Gasteiger partial charge in [0.1, 0.15) is 5.70 Å². The average Bonchev–Trinajstić information content (AvgIpc) is 2.97. The Hall–Kier alpha value is -4.04. The van der Waals surface area contributed by atoms with Crippen LogP contribution in [0.3, 0.4) is 0 Å². The Balaban J connectivity index is 1.50. The van der Waals surface area contributed by atoms with Crippen molar-refractivity contribution in [2.75, 3.05) is 10.6 Å². The van der Waals surface area contributed by atoms with E-state index in [9.17, 15) is 14.4 Å². The van der Waals surface area contributed by atoms with Crippen molar-refractivity contribution < 1.29 is 14.4 Å². The van der Waals surface area contributed by atoms with Gasteiger partial charge in [-0.15, -0.1) is 11.8 Å². The van der Waals surface area contributed by atoms with Crippen LogP contribution in [-0.4, -0.2) is 23.0 Å². The number of benzene rings is 4. The maximum Gasteiger partial charge on any atom is 0.272 e. The highest BCUT2D eigenvalue weighted by Gasteiger charge is 2.20. The number of thioether (sulfide) groups is 1. The average molecular weight is 619 g/mol. The van der Waals surface area contributed by atoms with Crippen LogP contribution in [0.15, 0.2) is 108 Å². The smallest absolute Gasteiger partial charge is 0.272 e. The Morgan fingerprint density at radius 2 is 1.62 bits per heavy atom. The predicted molar refractivity (Wildman–Crippen MR) is 173 cm³/mol. The fraction of sp³-hybridized carbons (Fsp3) is 0.121. The predicted octanol–water partition coefficient (Wildman–Crippen LogP) is 8.22. The molecule has 0 bridgehead atoms. The molecule has 6 nitrogen and oxygen atoms in total. The molecule has 1 atom stereocenters. The maximum absolute atomic E-state index is 13.4. The minimum atomic E-state index is -0.481. The van der Waals surface area contributed by atoms with Crippen molar-refractivity contribution in [3.63, 3.8) is 0 Å². The summed E-state index contributed by atoms with van der Waals surface area (Å²) < 4.78 is 0. The van der Waals surface area contributed by atoms with Crippen LogP contribution >= 0.6 is 35.0 Å². The second-order valence-corrected chi connectivity index (χ2v) is 11.5. The standard InChI is InChI=1S/C33H29Cl2N3O3S/c1-3-30(33(41)37-28-16-15-24(34)19-27(28)35)42-26-14-8-13-25(20-26)36-32(40)29(18-22-10-7-9-21(2)17-22)38-31(39)23-11-5-4-6-12-23/h4-20,30H,3H2,1-2H3,(H,36,40)(H,37,41)(H,38,39)/b29-18+. The Morgan fingerprint density at radius 3 is 2.33 bits per heavy atom. The van der Waals surface area contributed by atoms with Crippen LogP contribution in [-0.2, 0) is 9.59 Å². The Labute approximate surface area is 259 Å².